The molecule has 0 aliphatic carbocycles. The zero-order valence-corrected chi connectivity index (χ0v) is 34.8. The Labute approximate surface area is 345 Å². The summed E-state index contributed by atoms with van der Waals surface area (Å²) >= 11 is 0. The molecule has 283 valence electrons. The number of nitrogens with zero attached hydrogens (tertiary/aromatic N) is 4. The van der Waals surface area contributed by atoms with Crippen molar-refractivity contribution in [2.75, 3.05) is 0 Å². The maximum absolute atomic E-state index is 6.71. The first-order valence-corrected chi connectivity index (χ1v) is 19.1. The molecule has 6 nitrogen and oxygen atoms in total. The molecule has 0 saturated carbocycles. The predicted molar refractivity (Wildman–Crippen MR) is 227 cm³/mol. The molecule has 6 aromatic carbocycles. The largest absolute Gasteiger partial charge is 0.500 e. The van der Waals surface area contributed by atoms with E-state index in [2.05, 4.69) is 111 Å². The van der Waals surface area contributed by atoms with Crippen molar-refractivity contribution in [3.05, 3.63) is 168 Å². The normalized spacial score (nSPS) is 11.4. The van der Waals surface area contributed by atoms with E-state index in [-0.39, 0.29) is 20.1 Å². The second-order valence-electron chi connectivity index (χ2n) is 14.7. The molecule has 0 aliphatic rings. The number of oxazole rings is 1. The Morgan fingerprint density at radius 3 is 2.14 bits per heavy atom. The maximum atomic E-state index is 6.71. The first-order valence-electron chi connectivity index (χ1n) is 19.1. The van der Waals surface area contributed by atoms with Gasteiger partial charge in [0, 0.05) is 48.5 Å². The molecule has 0 spiro atoms. The SMILES string of the molecule is Cc1ccc2c(c1)oc1c(-c3nc4ccccc4n3-c3c(C(C)C)cccc3C(C)C)[c-]c3nc(-c4ccccc4)oc3c12.[Ir].[c-]1ccccc1-c1ccccn1. The molecule has 0 saturated heterocycles. The molecule has 10 aromatic rings. The number of benzene rings is 6. The average molecular weight is 921 g/mol. The number of pyridine rings is 1. The smallest absolute Gasteiger partial charge is 0.216 e. The van der Waals surface area contributed by atoms with Gasteiger partial charge in [-0.2, -0.15) is 0 Å². The van der Waals surface area contributed by atoms with Crippen molar-refractivity contribution < 1.29 is 28.9 Å². The summed E-state index contributed by atoms with van der Waals surface area (Å²) in [5, 5.41) is 1.87. The molecule has 0 bridgehead atoms. The Morgan fingerprint density at radius 2 is 1.42 bits per heavy atom. The van der Waals surface area contributed by atoms with E-state index in [0.717, 1.165) is 61.2 Å². The number of imidazole rings is 1. The minimum atomic E-state index is 0. The fourth-order valence-electron chi connectivity index (χ4n) is 7.48. The van der Waals surface area contributed by atoms with Crippen molar-refractivity contribution in [1.82, 2.24) is 19.5 Å². The fourth-order valence-corrected chi connectivity index (χ4v) is 7.48. The van der Waals surface area contributed by atoms with Crippen LogP contribution in [0.15, 0.2) is 148 Å². The Hall–Kier alpha value is -6.14. The summed E-state index contributed by atoms with van der Waals surface area (Å²) in [6.45, 7) is 11.1. The van der Waals surface area contributed by atoms with Crippen molar-refractivity contribution in [3.8, 4) is 39.8 Å². The van der Waals surface area contributed by atoms with Crippen molar-refractivity contribution in [2.24, 2.45) is 0 Å². The standard InChI is InChI=1S/C39H32N3O2.C11H8N.Ir/c1-22(2)26-14-11-15-27(23(3)4)35(26)42-32-17-10-9-16-30(32)40-38(42)29-21-31-37(44-39(41-31)25-12-7-6-8-13-25)34-28-19-18-24(5)20-33(28)43-36(29)34;1-2-6-10(7-3-1)11-8-4-5-9-12-11;/h6-20,22-23H,1-5H3;1-6,8-9H;/q2*-1;. The third-order valence-electron chi connectivity index (χ3n) is 10.2. The first-order chi connectivity index (χ1) is 27.4. The summed E-state index contributed by atoms with van der Waals surface area (Å²) in [5.74, 6) is 1.94. The summed E-state index contributed by atoms with van der Waals surface area (Å²) < 4.78 is 15.5. The average Bonchev–Trinajstić information content (AvgIpc) is 3.94. The van der Waals surface area contributed by atoms with Gasteiger partial charge in [0.05, 0.1) is 28.0 Å². The van der Waals surface area contributed by atoms with E-state index in [1.54, 1.807) is 6.20 Å². The quantitative estimate of drug-likeness (QED) is 0.155. The Bertz CT molecular complexity index is 2920. The van der Waals surface area contributed by atoms with Gasteiger partial charge in [-0.15, -0.1) is 42.0 Å². The van der Waals surface area contributed by atoms with E-state index in [0.29, 0.717) is 34.4 Å². The van der Waals surface area contributed by atoms with Crippen LogP contribution >= 0.6 is 0 Å². The zero-order valence-electron chi connectivity index (χ0n) is 32.4. The van der Waals surface area contributed by atoms with Crippen LogP contribution in [0.1, 0.15) is 56.2 Å². The molecular formula is C50H40IrN4O2-2. The van der Waals surface area contributed by atoms with Crippen LogP contribution in [0.3, 0.4) is 0 Å². The van der Waals surface area contributed by atoms with Crippen LogP contribution in [0.5, 0.6) is 0 Å². The Balaban J connectivity index is 0.000000300. The molecule has 57 heavy (non-hydrogen) atoms. The molecule has 0 fully saturated rings. The van der Waals surface area contributed by atoms with Gasteiger partial charge in [-0.3, -0.25) is 4.98 Å². The van der Waals surface area contributed by atoms with E-state index in [1.807, 2.05) is 78.9 Å². The molecule has 10 rings (SSSR count). The monoisotopic (exact) mass is 921 g/mol. The minimum Gasteiger partial charge on any atom is -0.500 e. The predicted octanol–water partition coefficient (Wildman–Crippen LogP) is 13.3. The van der Waals surface area contributed by atoms with Crippen LogP contribution in [0.2, 0.25) is 0 Å². The third kappa shape index (κ3) is 6.99. The molecule has 0 aliphatic heterocycles. The van der Waals surface area contributed by atoms with Gasteiger partial charge >= 0.3 is 0 Å². The summed E-state index contributed by atoms with van der Waals surface area (Å²) in [6, 6.07) is 51.7. The number of aromatic nitrogens is 4. The van der Waals surface area contributed by atoms with E-state index in [4.69, 9.17) is 18.8 Å². The molecule has 0 N–H and O–H groups in total. The molecule has 1 radical (unpaired) electrons. The van der Waals surface area contributed by atoms with Crippen molar-refractivity contribution in [2.45, 2.75) is 46.5 Å². The number of para-hydroxylation sites is 3. The topological polar surface area (TPSA) is 69.9 Å². The van der Waals surface area contributed by atoms with Crippen LogP contribution in [0, 0.1) is 19.1 Å². The third-order valence-corrected chi connectivity index (χ3v) is 10.2. The summed E-state index contributed by atoms with van der Waals surface area (Å²) in [6.07, 6.45) is 1.79. The van der Waals surface area contributed by atoms with E-state index in [9.17, 15) is 0 Å². The van der Waals surface area contributed by atoms with Crippen LogP contribution in [-0.2, 0) is 20.1 Å². The number of furan rings is 1. The van der Waals surface area contributed by atoms with Crippen molar-refractivity contribution in [1.29, 1.82) is 0 Å². The minimum absolute atomic E-state index is 0. The molecule has 4 aromatic heterocycles. The Kier molecular flexibility index (Phi) is 10.5. The van der Waals surface area contributed by atoms with Crippen LogP contribution in [0.25, 0.3) is 83.9 Å². The van der Waals surface area contributed by atoms with Crippen molar-refractivity contribution >= 4 is 44.1 Å². The van der Waals surface area contributed by atoms with Gasteiger partial charge in [-0.05, 0) is 82.9 Å². The van der Waals surface area contributed by atoms with Gasteiger partial charge in [0.2, 0.25) is 5.89 Å². The molecule has 0 unspecified atom stereocenters. The van der Waals surface area contributed by atoms with Crippen molar-refractivity contribution in [3.63, 3.8) is 0 Å². The molecule has 0 atom stereocenters. The maximum Gasteiger partial charge on any atom is 0.216 e. The number of rotatable bonds is 6. The van der Waals surface area contributed by atoms with Gasteiger partial charge in [-0.25, -0.2) is 4.98 Å². The van der Waals surface area contributed by atoms with Gasteiger partial charge in [0.25, 0.3) is 0 Å². The van der Waals surface area contributed by atoms with Crippen LogP contribution in [-0.4, -0.2) is 19.5 Å². The first kappa shape index (κ1) is 37.8. The molecular weight excluding hydrogens is 881 g/mol. The van der Waals surface area contributed by atoms with Gasteiger partial charge in [0.15, 0.2) is 0 Å². The fraction of sp³-hybridized carbons (Fsp3) is 0.140. The number of hydrogen-bond acceptors (Lipinski definition) is 5. The summed E-state index contributed by atoms with van der Waals surface area (Å²) in [4.78, 5) is 14.5. The van der Waals surface area contributed by atoms with Gasteiger partial charge < -0.3 is 18.4 Å². The molecule has 0 amide bonds. The Morgan fingerprint density at radius 1 is 0.684 bits per heavy atom. The van der Waals surface area contributed by atoms with Gasteiger partial charge in [0.1, 0.15) is 5.58 Å². The van der Waals surface area contributed by atoms with Crippen LogP contribution < -0.4 is 0 Å². The summed E-state index contributed by atoms with van der Waals surface area (Å²) in [5.41, 5.74) is 13.3. The second kappa shape index (κ2) is 15.8. The van der Waals surface area contributed by atoms with E-state index < -0.39 is 0 Å². The number of hydrogen-bond donors (Lipinski definition) is 0. The van der Waals surface area contributed by atoms with Gasteiger partial charge in [-0.1, -0.05) is 106 Å². The van der Waals surface area contributed by atoms with E-state index in [1.165, 1.54) is 16.8 Å². The number of fused-ring (bicyclic) bond motifs is 6. The second-order valence-corrected chi connectivity index (χ2v) is 14.7. The zero-order chi connectivity index (χ0) is 38.3. The molecule has 7 heteroatoms. The molecule has 4 heterocycles. The van der Waals surface area contributed by atoms with E-state index >= 15 is 0 Å². The summed E-state index contributed by atoms with van der Waals surface area (Å²) in [7, 11) is 0. The van der Waals surface area contributed by atoms with Crippen LogP contribution in [0.4, 0.5) is 0 Å². The number of aryl methyl sites for hydroxylation is 1.